The predicted octanol–water partition coefficient (Wildman–Crippen LogP) is 3.93. The van der Waals surface area contributed by atoms with Gasteiger partial charge in [-0.1, -0.05) is 49.7 Å². The van der Waals surface area contributed by atoms with Crippen LogP contribution in [0.1, 0.15) is 36.9 Å². The van der Waals surface area contributed by atoms with Crippen molar-refractivity contribution < 1.29 is 24.2 Å². The average molecular weight is 395 g/mol. The van der Waals surface area contributed by atoms with E-state index in [1.165, 1.54) is 12.0 Å². The lowest BCUT2D eigenvalue weighted by molar-refractivity contribution is -0.139. The van der Waals surface area contributed by atoms with Gasteiger partial charge in [-0.25, -0.2) is 0 Å². The molecular weight excluding hydrogens is 370 g/mol. The number of carbonyl (C=O) groups is 2. The minimum absolute atomic E-state index is 0.0875. The SMILES string of the molecule is CCCCN1C(=O)C(=O)/C(=C(\O)c2ccccc2)C1c1ccc(OC)c(OC)c1. The van der Waals surface area contributed by atoms with E-state index in [1.54, 1.807) is 49.6 Å². The van der Waals surface area contributed by atoms with Crippen molar-refractivity contribution in [3.63, 3.8) is 0 Å². The second kappa shape index (κ2) is 8.82. The molecule has 1 aliphatic heterocycles. The number of aliphatic hydroxyl groups is 1. The van der Waals surface area contributed by atoms with Gasteiger partial charge in [0.2, 0.25) is 0 Å². The summed E-state index contributed by atoms with van der Waals surface area (Å²) in [5.41, 5.74) is 1.26. The van der Waals surface area contributed by atoms with Gasteiger partial charge >= 0.3 is 0 Å². The summed E-state index contributed by atoms with van der Waals surface area (Å²) in [5, 5.41) is 10.9. The molecule has 2 aromatic carbocycles. The molecule has 0 bridgehead atoms. The van der Waals surface area contributed by atoms with E-state index in [0.717, 1.165) is 12.8 Å². The maximum Gasteiger partial charge on any atom is 0.295 e. The van der Waals surface area contributed by atoms with E-state index >= 15 is 0 Å². The number of nitrogens with zero attached hydrogens (tertiary/aromatic N) is 1. The number of ketones is 1. The van der Waals surface area contributed by atoms with Crippen LogP contribution in [0, 0.1) is 0 Å². The third-order valence-electron chi connectivity index (χ3n) is 5.06. The maximum atomic E-state index is 12.9. The quantitative estimate of drug-likeness (QED) is 0.437. The number of ether oxygens (including phenoxy) is 2. The van der Waals surface area contributed by atoms with Crippen molar-refractivity contribution in [1.82, 2.24) is 4.90 Å². The first-order valence-electron chi connectivity index (χ1n) is 9.59. The minimum Gasteiger partial charge on any atom is -0.507 e. The van der Waals surface area contributed by atoms with E-state index in [-0.39, 0.29) is 11.3 Å². The van der Waals surface area contributed by atoms with Gasteiger partial charge in [0, 0.05) is 12.1 Å². The number of carbonyl (C=O) groups excluding carboxylic acids is 2. The lowest BCUT2D eigenvalue weighted by Gasteiger charge is -2.25. The summed E-state index contributed by atoms with van der Waals surface area (Å²) in [6, 6.07) is 13.4. The standard InChI is InChI=1S/C23H25NO5/c1-4-5-13-24-20(16-11-12-17(28-2)18(14-16)29-3)19(22(26)23(24)27)21(25)15-9-7-6-8-10-15/h6-12,14,20,25H,4-5,13H2,1-3H3/b21-19-. The highest BCUT2D eigenvalue weighted by atomic mass is 16.5. The number of unbranched alkanes of at least 4 members (excludes halogenated alkanes) is 1. The third-order valence-corrected chi connectivity index (χ3v) is 5.06. The first-order chi connectivity index (χ1) is 14.0. The summed E-state index contributed by atoms with van der Waals surface area (Å²) in [6.07, 6.45) is 1.63. The molecule has 0 saturated carbocycles. The zero-order valence-corrected chi connectivity index (χ0v) is 16.8. The Kier molecular flexibility index (Phi) is 6.22. The summed E-state index contributed by atoms with van der Waals surface area (Å²) in [6.45, 7) is 2.44. The fraction of sp³-hybridized carbons (Fsp3) is 0.304. The predicted molar refractivity (Wildman–Crippen MR) is 110 cm³/mol. The number of aliphatic hydroxyl groups excluding tert-OH is 1. The zero-order valence-electron chi connectivity index (χ0n) is 16.8. The second-order valence-electron chi connectivity index (χ2n) is 6.83. The van der Waals surface area contributed by atoms with Crippen LogP contribution in [-0.2, 0) is 9.59 Å². The Morgan fingerprint density at radius 3 is 2.34 bits per heavy atom. The molecule has 152 valence electrons. The van der Waals surface area contributed by atoms with Crippen molar-refractivity contribution in [3.05, 3.63) is 65.2 Å². The van der Waals surface area contributed by atoms with Crippen LogP contribution in [0.2, 0.25) is 0 Å². The Morgan fingerprint density at radius 1 is 1.03 bits per heavy atom. The molecule has 2 aromatic rings. The van der Waals surface area contributed by atoms with E-state index < -0.39 is 17.7 Å². The van der Waals surface area contributed by atoms with Gasteiger partial charge in [-0.15, -0.1) is 0 Å². The van der Waals surface area contributed by atoms with Crippen LogP contribution in [0.4, 0.5) is 0 Å². The minimum atomic E-state index is -0.693. The first kappa shape index (κ1) is 20.5. The Balaban J connectivity index is 2.18. The zero-order chi connectivity index (χ0) is 21.0. The summed E-state index contributed by atoms with van der Waals surface area (Å²) < 4.78 is 10.7. The van der Waals surface area contributed by atoms with Crippen molar-refractivity contribution in [1.29, 1.82) is 0 Å². The Labute approximate surface area is 170 Å². The molecule has 1 atom stereocenters. The summed E-state index contributed by atoms with van der Waals surface area (Å²) in [4.78, 5) is 27.2. The maximum absolute atomic E-state index is 12.9. The largest absolute Gasteiger partial charge is 0.507 e. The van der Waals surface area contributed by atoms with Crippen LogP contribution in [0.15, 0.2) is 54.1 Å². The highest BCUT2D eigenvalue weighted by molar-refractivity contribution is 6.46. The van der Waals surface area contributed by atoms with Gasteiger partial charge in [-0.05, 0) is 24.1 Å². The molecule has 1 amide bonds. The van der Waals surface area contributed by atoms with Gasteiger partial charge in [-0.3, -0.25) is 9.59 Å². The molecule has 3 rings (SSSR count). The number of Topliss-reactive ketones (excluding diaryl/α,β-unsaturated/α-hetero) is 1. The third kappa shape index (κ3) is 3.83. The number of hydrogen-bond donors (Lipinski definition) is 1. The number of hydrogen-bond acceptors (Lipinski definition) is 5. The van der Waals surface area contributed by atoms with Crippen molar-refractivity contribution >= 4 is 17.4 Å². The molecule has 1 N–H and O–H groups in total. The molecule has 1 fully saturated rings. The van der Waals surface area contributed by atoms with Crippen molar-refractivity contribution in [2.24, 2.45) is 0 Å². The van der Waals surface area contributed by atoms with Crippen LogP contribution >= 0.6 is 0 Å². The molecule has 6 nitrogen and oxygen atoms in total. The molecule has 0 radical (unpaired) electrons. The normalized spacial score (nSPS) is 18.2. The van der Waals surface area contributed by atoms with E-state index in [4.69, 9.17) is 9.47 Å². The average Bonchev–Trinajstić information content (AvgIpc) is 3.01. The second-order valence-corrected chi connectivity index (χ2v) is 6.83. The van der Waals surface area contributed by atoms with E-state index in [1.807, 2.05) is 13.0 Å². The van der Waals surface area contributed by atoms with E-state index in [0.29, 0.717) is 29.2 Å². The summed E-state index contributed by atoms with van der Waals surface area (Å²) in [5.74, 6) is -0.420. The Bertz CT molecular complexity index is 936. The molecule has 1 heterocycles. The molecule has 0 aromatic heterocycles. The van der Waals surface area contributed by atoms with Crippen molar-refractivity contribution in [2.45, 2.75) is 25.8 Å². The highest BCUT2D eigenvalue weighted by Crippen LogP contribution is 2.42. The van der Waals surface area contributed by atoms with Crippen LogP contribution in [0.5, 0.6) is 11.5 Å². The van der Waals surface area contributed by atoms with Crippen LogP contribution < -0.4 is 9.47 Å². The molecule has 0 spiro atoms. The number of rotatable bonds is 7. The molecule has 0 aliphatic carbocycles. The van der Waals surface area contributed by atoms with Gasteiger partial charge in [0.1, 0.15) is 5.76 Å². The van der Waals surface area contributed by atoms with Gasteiger partial charge in [0.25, 0.3) is 11.7 Å². The molecule has 1 aliphatic rings. The smallest absolute Gasteiger partial charge is 0.295 e. The topological polar surface area (TPSA) is 76.1 Å². The summed E-state index contributed by atoms with van der Waals surface area (Å²) >= 11 is 0. The number of methoxy groups -OCH3 is 2. The molecular formula is C23H25NO5. The Hall–Kier alpha value is -3.28. The van der Waals surface area contributed by atoms with Gasteiger partial charge in [-0.2, -0.15) is 0 Å². The lowest BCUT2D eigenvalue weighted by Crippen LogP contribution is -2.30. The lowest BCUT2D eigenvalue weighted by atomic mass is 9.95. The van der Waals surface area contributed by atoms with Crippen LogP contribution in [-0.4, -0.2) is 42.5 Å². The highest BCUT2D eigenvalue weighted by Gasteiger charge is 2.45. The van der Waals surface area contributed by atoms with Crippen molar-refractivity contribution in [2.75, 3.05) is 20.8 Å². The molecule has 29 heavy (non-hydrogen) atoms. The fourth-order valence-corrected chi connectivity index (χ4v) is 3.56. The number of benzene rings is 2. The summed E-state index contributed by atoms with van der Waals surface area (Å²) in [7, 11) is 3.07. The molecule has 1 saturated heterocycles. The van der Waals surface area contributed by atoms with Crippen molar-refractivity contribution in [3.8, 4) is 11.5 Å². The molecule has 1 unspecified atom stereocenters. The van der Waals surface area contributed by atoms with Crippen LogP contribution in [0.25, 0.3) is 5.76 Å². The number of amides is 1. The monoisotopic (exact) mass is 395 g/mol. The number of likely N-dealkylation sites (tertiary alicyclic amines) is 1. The molecule has 6 heteroatoms. The van der Waals surface area contributed by atoms with E-state index in [2.05, 4.69) is 0 Å². The van der Waals surface area contributed by atoms with Gasteiger partial charge in [0.05, 0.1) is 25.8 Å². The fourth-order valence-electron chi connectivity index (χ4n) is 3.56. The van der Waals surface area contributed by atoms with Gasteiger partial charge in [0.15, 0.2) is 11.5 Å². The van der Waals surface area contributed by atoms with Gasteiger partial charge < -0.3 is 19.5 Å². The first-order valence-corrected chi connectivity index (χ1v) is 9.59. The van der Waals surface area contributed by atoms with Crippen LogP contribution in [0.3, 0.4) is 0 Å². The van der Waals surface area contributed by atoms with E-state index in [9.17, 15) is 14.7 Å². The Morgan fingerprint density at radius 2 is 1.72 bits per heavy atom.